The third-order valence-electron chi connectivity index (χ3n) is 3.54. The lowest BCUT2D eigenvalue weighted by atomic mass is 10.00. The van der Waals surface area contributed by atoms with E-state index >= 15 is 0 Å². The van der Waals surface area contributed by atoms with E-state index in [0.717, 1.165) is 4.90 Å². The molecule has 17 heavy (non-hydrogen) atoms. The average molecular weight is 242 g/mol. The van der Waals surface area contributed by atoms with Gasteiger partial charge in [-0.25, -0.2) is 9.59 Å². The number of likely N-dealkylation sites (tertiary alicyclic amines) is 1. The smallest absolute Gasteiger partial charge is 0.408 e. The summed E-state index contributed by atoms with van der Waals surface area (Å²) < 4.78 is 0. The van der Waals surface area contributed by atoms with Crippen molar-refractivity contribution < 1.29 is 24.6 Å². The molecule has 2 N–H and O–H groups in total. The van der Waals surface area contributed by atoms with Crippen molar-refractivity contribution in [2.24, 2.45) is 0 Å². The molecule has 2 aliphatic heterocycles. The second-order valence-corrected chi connectivity index (χ2v) is 4.48. The molecule has 2 fully saturated rings. The Morgan fingerprint density at radius 2 is 1.76 bits per heavy atom. The minimum atomic E-state index is -1.16. The number of rotatable bonds is 1. The molecule has 0 aromatic rings. The summed E-state index contributed by atoms with van der Waals surface area (Å²) in [5, 5.41) is 18.1. The highest BCUT2D eigenvalue weighted by molar-refractivity contribution is 5.87. The van der Waals surface area contributed by atoms with Crippen LogP contribution in [0.2, 0.25) is 0 Å². The van der Waals surface area contributed by atoms with E-state index in [9.17, 15) is 14.4 Å². The number of carbonyl (C=O) groups excluding carboxylic acids is 1. The van der Waals surface area contributed by atoms with E-state index in [-0.39, 0.29) is 18.4 Å². The van der Waals surface area contributed by atoms with Crippen LogP contribution in [-0.2, 0) is 4.79 Å². The lowest BCUT2D eigenvalue weighted by Crippen LogP contribution is -2.64. The Morgan fingerprint density at radius 1 is 1.12 bits per heavy atom. The number of ketones is 1. The Kier molecular flexibility index (Phi) is 2.68. The summed E-state index contributed by atoms with van der Waals surface area (Å²) >= 11 is 0. The topological polar surface area (TPSA) is 98.2 Å². The van der Waals surface area contributed by atoms with Gasteiger partial charge >= 0.3 is 12.2 Å². The highest BCUT2D eigenvalue weighted by atomic mass is 16.4. The van der Waals surface area contributed by atoms with Crippen LogP contribution < -0.4 is 0 Å². The first-order valence-corrected chi connectivity index (χ1v) is 5.44. The number of fused-ring (bicyclic) bond motifs is 2. The van der Waals surface area contributed by atoms with Gasteiger partial charge in [0.15, 0.2) is 5.78 Å². The maximum Gasteiger partial charge on any atom is 0.408 e. The molecule has 0 aromatic heterocycles. The van der Waals surface area contributed by atoms with Gasteiger partial charge in [-0.15, -0.1) is 0 Å². The molecule has 7 nitrogen and oxygen atoms in total. The molecule has 0 aromatic carbocycles. The number of piperazine rings is 1. The second-order valence-electron chi connectivity index (χ2n) is 4.48. The van der Waals surface area contributed by atoms with Gasteiger partial charge in [-0.05, 0) is 19.8 Å². The predicted octanol–water partition coefficient (Wildman–Crippen LogP) is 0.449. The van der Waals surface area contributed by atoms with Crippen molar-refractivity contribution in [2.45, 2.75) is 37.9 Å². The van der Waals surface area contributed by atoms with Gasteiger partial charge in [0.25, 0.3) is 0 Å². The molecule has 0 spiro atoms. The molecule has 7 heteroatoms. The van der Waals surface area contributed by atoms with Crippen LogP contribution in [0.5, 0.6) is 0 Å². The maximum absolute atomic E-state index is 11.5. The van der Waals surface area contributed by atoms with E-state index in [1.54, 1.807) is 0 Å². The molecule has 94 valence electrons. The molecular formula is C10H14N2O5. The van der Waals surface area contributed by atoms with Crippen molar-refractivity contribution in [3.63, 3.8) is 0 Å². The molecular weight excluding hydrogens is 228 g/mol. The van der Waals surface area contributed by atoms with E-state index in [1.807, 2.05) is 0 Å². The summed E-state index contributed by atoms with van der Waals surface area (Å²) in [5.74, 6) is -0.302. The van der Waals surface area contributed by atoms with Crippen LogP contribution in [0, 0.1) is 0 Å². The van der Waals surface area contributed by atoms with Crippen molar-refractivity contribution in [1.29, 1.82) is 0 Å². The van der Waals surface area contributed by atoms with Crippen molar-refractivity contribution in [1.82, 2.24) is 9.80 Å². The maximum atomic E-state index is 11.5. The molecule has 2 bridgehead atoms. The van der Waals surface area contributed by atoms with Gasteiger partial charge in [0.2, 0.25) is 0 Å². The van der Waals surface area contributed by atoms with E-state index < -0.39 is 24.3 Å². The molecule has 2 amide bonds. The van der Waals surface area contributed by atoms with Crippen LogP contribution in [-0.4, -0.2) is 62.7 Å². The third-order valence-corrected chi connectivity index (χ3v) is 3.54. The number of hydrogen-bond acceptors (Lipinski definition) is 3. The van der Waals surface area contributed by atoms with Crippen LogP contribution in [0.15, 0.2) is 0 Å². The zero-order valence-corrected chi connectivity index (χ0v) is 9.37. The van der Waals surface area contributed by atoms with Crippen molar-refractivity contribution >= 4 is 18.0 Å². The largest absolute Gasteiger partial charge is 0.465 e. The van der Waals surface area contributed by atoms with Crippen molar-refractivity contribution in [3.05, 3.63) is 0 Å². The van der Waals surface area contributed by atoms with Crippen molar-refractivity contribution in [2.75, 3.05) is 6.54 Å². The fourth-order valence-corrected chi connectivity index (χ4v) is 2.94. The number of hydrogen-bond donors (Lipinski definition) is 2. The van der Waals surface area contributed by atoms with Crippen LogP contribution in [0.1, 0.15) is 19.8 Å². The molecule has 2 aliphatic rings. The summed E-state index contributed by atoms with van der Waals surface area (Å²) in [7, 11) is 0. The van der Waals surface area contributed by atoms with E-state index in [4.69, 9.17) is 10.2 Å². The fourth-order valence-electron chi connectivity index (χ4n) is 2.94. The molecule has 0 unspecified atom stereocenters. The monoisotopic (exact) mass is 242 g/mol. The summed E-state index contributed by atoms with van der Waals surface area (Å²) in [4.78, 5) is 36.0. The predicted molar refractivity (Wildman–Crippen MR) is 55.9 cm³/mol. The average Bonchev–Trinajstić information content (AvgIpc) is 2.52. The van der Waals surface area contributed by atoms with Gasteiger partial charge in [-0.3, -0.25) is 14.6 Å². The zero-order chi connectivity index (χ0) is 12.7. The molecule has 2 saturated heterocycles. The number of amides is 2. The minimum absolute atomic E-state index is 0.0857. The molecule has 2 rings (SSSR count). The van der Waals surface area contributed by atoms with Crippen LogP contribution >= 0.6 is 0 Å². The molecule has 0 radical (unpaired) electrons. The van der Waals surface area contributed by atoms with Gasteiger partial charge in [-0.1, -0.05) is 0 Å². The van der Waals surface area contributed by atoms with Gasteiger partial charge < -0.3 is 10.2 Å². The van der Waals surface area contributed by atoms with Gasteiger partial charge in [0.1, 0.15) is 6.04 Å². The summed E-state index contributed by atoms with van der Waals surface area (Å²) in [6.45, 7) is 1.39. The number of Topliss-reactive ketones (excluding diaryl/α,β-unsaturated/α-hetero) is 1. The summed E-state index contributed by atoms with van der Waals surface area (Å²) in [6, 6.07) is -1.70. The summed E-state index contributed by atoms with van der Waals surface area (Å²) in [6.07, 6.45) is -1.07. The van der Waals surface area contributed by atoms with Gasteiger partial charge in [-0.2, -0.15) is 0 Å². The Labute approximate surface area is 97.6 Å². The zero-order valence-electron chi connectivity index (χ0n) is 9.37. The Balaban J connectivity index is 2.33. The van der Waals surface area contributed by atoms with E-state index in [0.29, 0.717) is 12.8 Å². The lowest BCUT2D eigenvalue weighted by Gasteiger charge is -2.43. The summed E-state index contributed by atoms with van der Waals surface area (Å²) in [5.41, 5.74) is 0. The van der Waals surface area contributed by atoms with Crippen LogP contribution in [0.4, 0.5) is 9.59 Å². The quantitative estimate of drug-likeness (QED) is 0.695. The Hall–Kier alpha value is -1.79. The van der Waals surface area contributed by atoms with Gasteiger partial charge in [0.05, 0.1) is 12.1 Å². The third kappa shape index (κ3) is 1.71. The lowest BCUT2D eigenvalue weighted by molar-refractivity contribution is -0.125. The normalized spacial score (nSPS) is 31.5. The molecule has 0 aliphatic carbocycles. The standard InChI is InChI=1S/C10H14N2O5/c1-5(13)8-7-3-2-6(12(7)10(16)17)4-11(8)9(14)15/h6-8H,2-4H2,1H3,(H,14,15)(H,16,17)/t6-,7+,8-/m1/s1. The Morgan fingerprint density at radius 3 is 2.24 bits per heavy atom. The molecule has 0 saturated carbocycles. The minimum Gasteiger partial charge on any atom is -0.465 e. The second kappa shape index (κ2) is 3.90. The molecule has 3 atom stereocenters. The van der Waals surface area contributed by atoms with Crippen LogP contribution in [0.25, 0.3) is 0 Å². The number of nitrogens with zero attached hydrogens (tertiary/aromatic N) is 2. The SMILES string of the molecule is CC(=O)[C@@H]1[C@@H]2CC[C@H](CN1C(=O)O)N2C(=O)O. The van der Waals surface area contributed by atoms with Gasteiger partial charge in [0, 0.05) is 6.54 Å². The number of carbonyl (C=O) groups is 3. The van der Waals surface area contributed by atoms with E-state index in [2.05, 4.69) is 0 Å². The highest BCUT2D eigenvalue weighted by Crippen LogP contribution is 2.34. The highest BCUT2D eigenvalue weighted by Gasteiger charge is 2.51. The van der Waals surface area contributed by atoms with Crippen molar-refractivity contribution in [3.8, 4) is 0 Å². The van der Waals surface area contributed by atoms with E-state index in [1.165, 1.54) is 11.8 Å². The first kappa shape index (κ1) is 11.7. The first-order valence-electron chi connectivity index (χ1n) is 5.44. The fraction of sp³-hybridized carbons (Fsp3) is 0.700. The Bertz CT molecular complexity index is 383. The molecule has 2 heterocycles. The number of carboxylic acid groups (broad SMARTS) is 2. The first-order chi connectivity index (χ1) is 7.93. The van der Waals surface area contributed by atoms with Crippen LogP contribution in [0.3, 0.4) is 0 Å².